The predicted octanol–water partition coefficient (Wildman–Crippen LogP) is 3.17. The summed E-state index contributed by atoms with van der Waals surface area (Å²) >= 11 is 4.33. The molecule has 0 fully saturated rings. The van der Waals surface area contributed by atoms with Crippen molar-refractivity contribution in [3.63, 3.8) is 0 Å². The molecule has 0 unspecified atom stereocenters. The van der Waals surface area contributed by atoms with Crippen LogP contribution in [0.25, 0.3) is 0 Å². The van der Waals surface area contributed by atoms with Crippen LogP contribution >= 0.6 is 34.9 Å². The van der Waals surface area contributed by atoms with Crippen molar-refractivity contribution in [2.45, 2.75) is 21.1 Å². The molecular weight excluding hydrogens is 334 g/mol. The van der Waals surface area contributed by atoms with Gasteiger partial charge in [-0.3, -0.25) is 4.72 Å². The van der Waals surface area contributed by atoms with Gasteiger partial charge in [-0.15, -0.1) is 22.0 Å². The van der Waals surface area contributed by atoms with Crippen LogP contribution in [0.2, 0.25) is 0 Å². The van der Waals surface area contributed by atoms with Gasteiger partial charge in [0.25, 0.3) is 10.0 Å². The highest BCUT2D eigenvalue weighted by molar-refractivity contribution is 8.01. The lowest BCUT2D eigenvalue weighted by Gasteiger charge is -2.05. The molecule has 1 aromatic heterocycles. The van der Waals surface area contributed by atoms with Gasteiger partial charge in [0.2, 0.25) is 5.13 Å². The number of hydrogen-bond donors (Lipinski definition) is 1. The first kappa shape index (κ1) is 15.6. The maximum atomic E-state index is 12.2. The lowest BCUT2D eigenvalue weighted by molar-refractivity contribution is 0.601. The maximum absolute atomic E-state index is 12.2. The van der Waals surface area contributed by atoms with E-state index in [1.165, 1.54) is 23.1 Å². The normalized spacial score (nSPS) is 11.5. The van der Waals surface area contributed by atoms with Crippen LogP contribution in [0.3, 0.4) is 0 Å². The average Bonchev–Trinajstić information content (AvgIpc) is 2.86. The van der Waals surface area contributed by atoms with Crippen LogP contribution in [0.15, 0.2) is 38.4 Å². The van der Waals surface area contributed by atoms with E-state index < -0.39 is 10.0 Å². The summed E-state index contributed by atoms with van der Waals surface area (Å²) in [6, 6.07) is 6.71. The molecule has 108 valence electrons. The zero-order valence-corrected chi connectivity index (χ0v) is 14.1. The van der Waals surface area contributed by atoms with E-state index >= 15 is 0 Å². The molecule has 2 aromatic rings. The molecule has 5 nitrogen and oxygen atoms in total. The van der Waals surface area contributed by atoms with Crippen LogP contribution in [0.1, 0.15) is 6.92 Å². The van der Waals surface area contributed by atoms with Crippen molar-refractivity contribution in [1.82, 2.24) is 10.2 Å². The zero-order valence-electron chi connectivity index (χ0n) is 10.9. The van der Waals surface area contributed by atoms with E-state index in [0.29, 0.717) is 0 Å². The molecule has 0 aliphatic heterocycles. The number of aromatic nitrogens is 2. The minimum atomic E-state index is -3.60. The number of nitrogens with zero attached hydrogens (tertiary/aromatic N) is 2. The fourth-order valence-electron chi connectivity index (χ4n) is 1.36. The van der Waals surface area contributed by atoms with E-state index in [1.54, 1.807) is 36.0 Å². The average molecular weight is 348 g/mol. The molecule has 0 saturated carbocycles. The number of anilines is 1. The molecule has 9 heteroatoms. The second kappa shape index (κ2) is 6.79. The van der Waals surface area contributed by atoms with Crippen LogP contribution in [-0.2, 0) is 10.0 Å². The molecule has 0 bridgehead atoms. The van der Waals surface area contributed by atoms with E-state index in [0.717, 1.165) is 15.0 Å². The minimum Gasteiger partial charge on any atom is -0.253 e. The molecule has 1 N–H and O–H groups in total. The smallest absolute Gasteiger partial charge is 0.253 e. The number of hydrogen-bond acceptors (Lipinski definition) is 7. The van der Waals surface area contributed by atoms with Gasteiger partial charge < -0.3 is 0 Å². The van der Waals surface area contributed by atoms with Crippen LogP contribution in [0, 0.1) is 0 Å². The molecule has 2 rings (SSSR count). The number of thioether (sulfide) groups is 2. The topological polar surface area (TPSA) is 72.0 Å². The second-order valence-corrected chi connectivity index (χ2v) is 8.64. The zero-order chi connectivity index (χ0) is 14.6. The first-order valence-corrected chi connectivity index (χ1v) is 10.2. The number of nitrogens with one attached hydrogen (secondary N) is 1. The predicted molar refractivity (Wildman–Crippen MR) is 85.3 cm³/mol. The van der Waals surface area contributed by atoms with Gasteiger partial charge >= 0.3 is 0 Å². The summed E-state index contributed by atoms with van der Waals surface area (Å²) in [6.45, 7) is 2.00. The standard InChI is InChI=1S/C11H13N3O2S4/c1-3-18-11-13-12-10(19-11)14-20(15,16)9-6-4-8(17-2)5-7-9/h4-7H,3H2,1-2H3,(H,12,14). The van der Waals surface area contributed by atoms with E-state index in [1.807, 2.05) is 13.2 Å². The summed E-state index contributed by atoms with van der Waals surface area (Å²) in [7, 11) is -3.60. The fourth-order valence-corrected chi connectivity index (χ4v) is 4.65. The molecule has 0 spiro atoms. The number of rotatable bonds is 6. The lowest BCUT2D eigenvalue weighted by Crippen LogP contribution is -2.12. The molecule has 0 saturated heterocycles. The molecule has 0 radical (unpaired) electrons. The van der Waals surface area contributed by atoms with Gasteiger partial charge in [0.05, 0.1) is 4.90 Å². The van der Waals surface area contributed by atoms with Crippen LogP contribution in [0.4, 0.5) is 5.13 Å². The molecule has 1 heterocycles. The Hall–Kier alpha value is -0.770. The minimum absolute atomic E-state index is 0.218. The Morgan fingerprint density at radius 2 is 1.95 bits per heavy atom. The van der Waals surface area contributed by atoms with Gasteiger partial charge in [-0.2, -0.15) is 0 Å². The van der Waals surface area contributed by atoms with Gasteiger partial charge in [0.15, 0.2) is 4.34 Å². The first-order valence-electron chi connectivity index (χ1n) is 5.68. The van der Waals surface area contributed by atoms with Crippen molar-refractivity contribution >= 4 is 50.0 Å². The Bertz CT molecular complexity index is 667. The Morgan fingerprint density at radius 1 is 1.25 bits per heavy atom. The quantitative estimate of drug-likeness (QED) is 0.809. The Morgan fingerprint density at radius 3 is 2.55 bits per heavy atom. The Kier molecular flexibility index (Phi) is 5.30. The highest BCUT2D eigenvalue weighted by atomic mass is 32.2. The van der Waals surface area contributed by atoms with Gasteiger partial charge in [-0.25, -0.2) is 8.42 Å². The van der Waals surface area contributed by atoms with Crippen molar-refractivity contribution in [1.29, 1.82) is 0 Å². The van der Waals surface area contributed by atoms with Crippen molar-refractivity contribution in [3.8, 4) is 0 Å². The van der Waals surface area contributed by atoms with E-state index in [9.17, 15) is 8.42 Å². The highest BCUT2D eigenvalue weighted by Crippen LogP contribution is 2.27. The van der Waals surface area contributed by atoms with E-state index in [2.05, 4.69) is 14.9 Å². The first-order chi connectivity index (χ1) is 9.55. The highest BCUT2D eigenvalue weighted by Gasteiger charge is 2.16. The Labute approximate surface area is 130 Å². The van der Waals surface area contributed by atoms with E-state index in [4.69, 9.17) is 0 Å². The Balaban J connectivity index is 2.16. The van der Waals surface area contributed by atoms with Crippen LogP contribution in [-0.4, -0.2) is 30.6 Å². The summed E-state index contributed by atoms with van der Waals surface area (Å²) in [4.78, 5) is 1.23. The summed E-state index contributed by atoms with van der Waals surface area (Å²) in [6.07, 6.45) is 1.94. The summed E-state index contributed by atoms with van der Waals surface area (Å²) < 4.78 is 27.6. The van der Waals surface area contributed by atoms with Crippen molar-refractivity contribution < 1.29 is 8.42 Å². The van der Waals surface area contributed by atoms with Crippen LogP contribution in [0.5, 0.6) is 0 Å². The largest absolute Gasteiger partial charge is 0.263 e. The summed E-state index contributed by atoms with van der Waals surface area (Å²) in [5.74, 6) is 0.873. The summed E-state index contributed by atoms with van der Waals surface area (Å²) in [5, 5.41) is 8.03. The van der Waals surface area contributed by atoms with Crippen molar-refractivity contribution in [2.24, 2.45) is 0 Å². The molecule has 0 amide bonds. The van der Waals surface area contributed by atoms with Gasteiger partial charge in [-0.1, -0.05) is 30.0 Å². The summed E-state index contributed by atoms with van der Waals surface area (Å²) in [5.41, 5.74) is 0. The molecule has 0 aliphatic carbocycles. The maximum Gasteiger partial charge on any atom is 0.263 e. The lowest BCUT2D eigenvalue weighted by atomic mass is 10.4. The SMILES string of the molecule is CCSc1nnc(NS(=O)(=O)c2ccc(SC)cc2)s1. The monoisotopic (exact) mass is 347 g/mol. The van der Waals surface area contributed by atoms with E-state index in [-0.39, 0.29) is 10.0 Å². The third-order valence-electron chi connectivity index (χ3n) is 2.27. The number of benzene rings is 1. The number of sulfonamides is 1. The molecule has 0 aliphatic rings. The molecular formula is C11H13N3O2S4. The molecule has 1 aromatic carbocycles. The van der Waals surface area contributed by atoms with Gasteiger partial charge in [0, 0.05) is 4.90 Å². The van der Waals surface area contributed by atoms with Crippen LogP contribution < -0.4 is 4.72 Å². The molecule has 0 atom stereocenters. The van der Waals surface area contributed by atoms with Gasteiger partial charge in [0.1, 0.15) is 0 Å². The van der Waals surface area contributed by atoms with Gasteiger partial charge in [-0.05, 0) is 36.3 Å². The second-order valence-electron chi connectivity index (χ2n) is 3.59. The van der Waals surface area contributed by atoms with Crippen molar-refractivity contribution in [3.05, 3.63) is 24.3 Å². The molecule has 20 heavy (non-hydrogen) atoms. The fraction of sp³-hybridized carbons (Fsp3) is 0.273. The van der Waals surface area contributed by atoms with Crippen molar-refractivity contribution in [2.75, 3.05) is 16.7 Å². The third kappa shape index (κ3) is 3.87. The third-order valence-corrected chi connectivity index (χ3v) is 6.35.